The average Bonchev–Trinajstić information content (AvgIpc) is 3.15. The molecule has 3 N–H and O–H groups in total. The molecular formula is C15H17N5O. The zero-order valence-corrected chi connectivity index (χ0v) is 11.8. The largest absolute Gasteiger partial charge is 0.361 e. The third kappa shape index (κ3) is 2.94. The highest BCUT2D eigenvalue weighted by atomic mass is 16.1. The molecule has 1 unspecified atom stereocenters. The first kappa shape index (κ1) is 13.4. The molecule has 0 radical (unpaired) electrons. The van der Waals surface area contributed by atoms with E-state index >= 15 is 0 Å². The smallest absolute Gasteiger partial charge is 0.220 e. The molecule has 108 valence electrons. The van der Waals surface area contributed by atoms with Crippen molar-refractivity contribution >= 4 is 16.8 Å². The van der Waals surface area contributed by atoms with Crippen molar-refractivity contribution in [2.45, 2.75) is 25.8 Å². The number of aryl methyl sites for hydroxylation is 1. The number of aromatic nitrogens is 4. The van der Waals surface area contributed by atoms with Gasteiger partial charge in [-0.2, -0.15) is 5.10 Å². The standard InChI is InChI=1S/C15H17N5O/c1-10(15-17-9-18-20-15)19-14(21)7-6-11-8-16-13-5-3-2-4-12(11)13/h2-5,8-10,16H,6-7H2,1H3,(H,19,21)(H,17,18,20). The molecule has 2 aromatic heterocycles. The fraction of sp³-hybridized carbons (Fsp3) is 0.267. The number of carbonyl (C=O) groups is 1. The molecule has 0 aliphatic carbocycles. The summed E-state index contributed by atoms with van der Waals surface area (Å²) in [4.78, 5) is 19.3. The molecule has 1 aromatic carbocycles. The Morgan fingerprint density at radius 3 is 3.05 bits per heavy atom. The summed E-state index contributed by atoms with van der Waals surface area (Å²) < 4.78 is 0. The third-order valence-electron chi connectivity index (χ3n) is 3.52. The van der Waals surface area contributed by atoms with Crippen LogP contribution in [0.4, 0.5) is 0 Å². The molecule has 0 spiro atoms. The Hall–Kier alpha value is -2.63. The number of fused-ring (bicyclic) bond motifs is 1. The number of amides is 1. The number of aromatic amines is 2. The number of nitrogens with one attached hydrogen (secondary N) is 3. The summed E-state index contributed by atoms with van der Waals surface area (Å²) >= 11 is 0. The number of hydrogen-bond donors (Lipinski definition) is 3. The number of benzene rings is 1. The molecule has 6 heteroatoms. The van der Waals surface area contributed by atoms with Gasteiger partial charge in [0.05, 0.1) is 6.04 Å². The lowest BCUT2D eigenvalue weighted by Crippen LogP contribution is -2.27. The topological polar surface area (TPSA) is 86.5 Å². The Morgan fingerprint density at radius 1 is 1.38 bits per heavy atom. The molecule has 0 fully saturated rings. The number of carbonyl (C=O) groups excluding carboxylic acids is 1. The first-order valence-electron chi connectivity index (χ1n) is 6.93. The van der Waals surface area contributed by atoms with E-state index in [0.717, 1.165) is 11.1 Å². The number of H-pyrrole nitrogens is 2. The summed E-state index contributed by atoms with van der Waals surface area (Å²) in [5, 5.41) is 10.6. The quantitative estimate of drug-likeness (QED) is 0.670. The fourth-order valence-electron chi connectivity index (χ4n) is 2.39. The van der Waals surface area contributed by atoms with Crippen molar-refractivity contribution in [1.82, 2.24) is 25.5 Å². The highest BCUT2D eigenvalue weighted by Gasteiger charge is 2.12. The Bertz CT molecular complexity index is 731. The number of rotatable bonds is 5. The summed E-state index contributed by atoms with van der Waals surface area (Å²) in [6, 6.07) is 7.93. The van der Waals surface area contributed by atoms with E-state index in [2.05, 4.69) is 31.5 Å². The van der Waals surface area contributed by atoms with Crippen molar-refractivity contribution < 1.29 is 4.79 Å². The highest BCUT2D eigenvalue weighted by molar-refractivity contribution is 5.84. The first-order valence-corrected chi connectivity index (χ1v) is 6.93. The molecule has 0 aliphatic rings. The average molecular weight is 283 g/mol. The molecule has 1 amide bonds. The van der Waals surface area contributed by atoms with Crippen molar-refractivity contribution in [1.29, 1.82) is 0 Å². The monoisotopic (exact) mass is 283 g/mol. The van der Waals surface area contributed by atoms with Crippen LogP contribution in [0.3, 0.4) is 0 Å². The minimum atomic E-state index is -0.164. The highest BCUT2D eigenvalue weighted by Crippen LogP contribution is 2.19. The third-order valence-corrected chi connectivity index (χ3v) is 3.52. The number of hydrogen-bond acceptors (Lipinski definition) is 3. The van der Waals surface area contributed by atoms with E-state index in [9.17, 15) is 4.79 Å². The zero-order valence-electron chi connectivity index (χ0n) is 11.8. The van der Waals surface area contributed by atoms with E-state index < -0.39 is 0 Å². The van der Waals surface area contributed by atoms with E-state index in [-0.39, 0.29) is 11.9 Å². The van der Waals surface area contributed by atoms with Crippen LogP contribution < -0.4 is 5.32 Å². The molecule has 6 nitrogen and oxygen atoms in total. The van der Waals surface area contributed by atoms with Crippen LogP contribution in [0.15, 0.2) is 36.8 Å². The van der Waals surface area contributed by atoms with Crippen LogP contribution in [0, 0.1) is 0 Å². The van der Waals surface area contributed by atoms with Gasteiger partial charge in [0.1, 0.15) is 12.2 Å². The van der Waals surface area contributed by atoms with Crippen LogP contribution in [-0.2, 0) is 11.2 Å². The SMILES string of the molecule is CC(NC(=O)CCc1c[nH]c2ccccc12)c1ncn[nH]1. The van der Waals surface area contributed by atoms with Gasteiger partial charge in [0.25, 0.3) is 0 Å². The lowest BCUT2D eigenvalue weighted by molar-refractivity contribution is -0.121. The van der Waals surface area contributed by atoms with Gasteiger partial charge in [0, 0.05) is 23.5 Å². The number of para-hydroxylation sites is 1. The normalized spacial score (nSPS) is 12.4. The van der Waals surface area contributed by atoms with Gasteiger partial charge < -0.3 is 10.3 Å². The maximum absolute atomic E-state index is 12.0. The first-order chi connectivity index (χ1) is 10.2. The van der Waals surface area contributed by atoms with Gasteiger partial charge in [-0.3, -0.25) is 9.89 Å². The molecule has 0 bridgehead atoms. The van der Waals surface area contributed by atoms with Crippen LogP contribution in [0.2, 0.25) is 0 Å². The van der Waals surface area contributed by atoms with Gasteiger partial charge in [-0.05, 0) is 25.0 Å². The van der Waals surface area contributed by atoms with Gasteiger partial charge in [-0.15, -0.1) is 0 Å². The fourth-order valence-corrected chi connectivity index (χ4v) is 2.39. The Balaban J connectivity index is 1.58. The van der Waals surface area contributed by atoms with Crippen LogP contribution in [-0.4, -0.2) is 26.1 Å². The molecule has 3 rings (SSSR count). The van der Waals surface area contributed by atoms with Crippen LogP contribution in [0.1, 0.15) is 30.8 Å². The Morgan fingerprint density at radius 2 is 2.24 bits per heavy atom. The molecule has 0 aliphatic heterocycles. The van der Waals surface area contributed by atoms with Crippen molar-refractivity contribution in [3.63, 3.8) is 0 Å². The van der Waals surface area contributed by atoms with Gasteiger partial charge in [-0.1, -0.05) is 18.2 Å². The zero-order chi connectivity index (χ0) is 14.7. The summed E-state index contributed by atoms with van der Waals surface area (Å²) in [5.41, 5.74) is 2.26. The van der Waals surface area contributed by atoms with Gasteiger partial charge in [-0.25, -0.2) is 4.98 Å². The van der Waals surface area contributed by atoms with Crippen molar-refractivity contribution in [3.05, 3.63) is 48.2 Å². The lowest BCUT2D eigenvalue weighted by Gasteiger charge is -2.10. The van der Waals surface area contributed by atoms with Crippen LogP contribution >= 0.6 is 0 Å². The predicted molar refractivity (Wildman–Crippen MR) is 79.6 cm³/mol. The summed E-state index contributed by atoms with van der Waals surface area (Å²) in [6.45, 7) is 1.88. The van der Waals surface area contributed by atoms with Crippen LogP contribution in [0.5, 0.6) is 0 Å². The summed E-state index contributed by atoms with van der Waals surface area (Å²) in [6.07, 6.45) is 4.56. The lowest BCUT2D eigenvalue weighted by atomic mass is 10.1. The van der Waals surface area contributed by atoms with E-state index in [0.29, 0.717) is 18.7 Å². The van der Waals surface area contributed by atoms with Gasteiger partial charge in [0.15, 0.2) is 0 Å². The van der Waals surface area contributed by atoms with Crippen molar-refractivity contribution in [3.8, 4) is 0 Å². The minimum absolute atomic E-state index is 0.00387. The number of nitrogens with zero attached hydrogens (tertiary/aromatic N) is 2. The maximum atomic E-state index is 12.0. The minimum Gasteiger partial charge on any atom is -0.361 e. The summed E-state index contributed by atoms with van der Waals surface area (Å²) in [7, 11) is 0. The van der Waals surface area contributed by atoms with Gasteiger partial charge >= 0.3 is 0 Å². The molecular weight excluding hydrogens is 266 g/mol. The molecule has 21 heavy (non-hydrogen) atoms. The Kier molecular flexibility index (Phi) is 3.68. The van der Waals surface area contributed by atoms with Crippen LogP contribution in [0.25, 0.3) is 10.9 Å². The van der Waals surface area contributed by atoms with Crippen molar-refractivity contribution in [2.24, 2.45) is 0 Å². The van der Waals surface area contributed by atoms with E-state index in [1.54, 1.807) is 0 Å². The van der Waals surface area contributed by atoms with Crippen molar-refractivity contribution in [2.75, 3.05) is 0 Å². The molecule has 2 heterocycles. The molecule has 0 saturated carbocycles. The molecule has 3 aromatic rings. The second-order valence-corrected chi connectivity index (χ2v) is 5.02. The van der Waals surface area contributed by atoms with E-state index in [1.165, 1.54) is 11.7 Å². The molecule has 1 atom stereocenters. The second kappa shape index (κ2) is 5.78. The second-order valence-electron chi connectivity index (χ2n) is 5.02. The predicted octanol–water partition coefficient (Wildman–Crippen LogP) is 2.10. The summed E-state index contributed by atoms with van der Waals surface area (Å²) in [5.74, 6) is 0.666. The Labute approximate surface area is 122 Å². The van der Waals surface area contributed by atoms with Gasteiger partial charge in [0.2, 0.25) is 5.91 Å². The van der Waals surface area contributed by atoms with E-state index in [4.69, 9.17) is 0 Å². The molecule has 0 saturated heterocycles. The van der Waals surface area contributed by atoms with E-state index in [1.807, 2.05) is 31.3 Å². The maximum Gasteiger partial charge on any atom is 0.220 e.